The number of carboxylic acids is 1. The lowest BCUT2D eigenvalue weighted by atomic mass is 10.2. The van der Waals surface area contributed by atoms with E-state index in [0.29, 0.717) is 14.9 Å². The van der Waals surface area contributed by atoms with E-state index in [0.717, 1.165) is 4.47 Å². The van der Waals surface area contributed by atoms with Crippen LogP contribution in [0.4, 0.5) is 0 Å². The van der Waals surface area contributed by atoms with Crippen LogP contribution in [-0.2, 0) is 0 Å². The van der Waals surface area contributed by atoms with Gasteiger partial charge in [-0.1, -0.05) is 23.4 Å². The lowest BCUT2D eigenvalue weighted by Crippen LogP contribution is -1.98. The Morgan fingerprint density at radius 1 is 1.33 bits per heavy atom. The first-order chi connectivity index (χ1) is 8.56. The van der Waals surface area contributed by atoms with Crippen molar-refractivity contribution >= 4 is 45.3 Å². The molecule has 1 N–H and O–H groups in total. The van der Waals surface area contributed by atoms with Gasteiger partial charge in [-0.3, -0.25) is 0 Å². The summed E-state index contributed by atoms with van der Waals surface area (Å²) in [6.07, 6.45) is 1.66. The highest BCUT2D eigenvalue weighted by Gasteiger charge is 2.12. The number of nitrogens with zero attached hydrogens (tertiary/aromatic N) is 1. The first-order valence-electron chi connectivity index (χ1n) is 4.88. The van der Waals surface area contributed by atoms with Gasteiger partial charge in [0.15, 0.2) is 0 Å². The Balaban J connectivity index is 2.35. The zero-order valence-corrected chi connectivity index (χ0v) is 12.1. The van der Waals surface area contributed by atoms with E-state index in [1.54, 1.807) is 24.4 Å². The standard InChI is InChI=1S/C12H7BrClNO2S/c13-7-1-4-11(15-6-7)18-10-5-8(14)2-3-9(10)12(16)17/h1-6H,(H,16,17). The molecular formula is C12H7BrClNO2S. The second kappa shape index (κ2) is 5.73. The van der Waals surface area contributed by atoms with Crippen LogP contribution in [-0.4, -0.2) is 16.1 Å². The maximum absolute atomic E-state index is 11.1. The van der Waals surface area contributed by atoms with Gasteiger partial charge in [-0.15, -0.1) is 0 Å². The molecule has 18 heavy (non-hydrogen) atoms. The summed E-state index contributed by atoms with van der Waals surface area (Å²) < 4.78 is 0.872. The van der Waals surface area contributed by atoms with Gasteiger partial charge >= 0.3 is 5.97 Å². The van der Waals surface area contributed by atoms with Crippen molar-refractivity contribution in [3.05, 3.63) is 51.6 Å². The van der Waals surface area contributed by atoms with Gasteiger partial charge in [0.2, 0.25) is 0 Å². The number of pyridine rings is 1. The van der Waals surface area contributed by atoms with E-state index in [2.05, 4.69) is 20.9 Å². The molecule has 6 heteroatoms. The summed E-state index contributed by atoms with van der Waals surface area (Å²) in [5, 5.41) is 10.3. The van der Waals surface area contributed by atoms with Crippen LogP contribution in [0.25, 0.3) is 0 Å². The molecule has 0 atom stereocenters. The van der Waals surface area contributed by atoms with Gasteiger partial charge in [-0.25, -0.2) is 9.78 Å². The number of aromatic carboxylic acids is 1. The van der Waals surface area contributed by atoms with E-state index in [1.807, 2.05) is 6.07 Å². The first-order valence-corrected chi connectivity index (χ1v) is 6.87. The zero-order valence-electron chi connectivity index (χ0n) is 8.93. The highest BCUT2D eigenvalue weighted by molar-refractivity contribution is 9.10. The van der Waals surface area contributed by atoms with Gasteiger partial charge in [-0.05, 0) is 46.3 Å². The van der Waals surface area contributed by atoms with Crippen molar-refractivity contribution < 1.29 is 9.90 Å². The predicted octanol–water partition coefficient (Wildman–Crippen LogP) is 4.35. The predicted molar refractivity (Wildman–Crippen MR) is 74.5 cm³/mol. The van der Waals surface area contributed by atoms with Gasteiger partial charge < -0.3 is 5.11 Å². The van der Waals surface area contributed by atoms with E-state index < -0.39 is 5.97 Å². The van der Waals surface area contributed by atoms with Crippen LogP contribution in [0.15, 0.2) is 50.9 Å². The maximum atomic E-state index is 11.1. The van der Waals surface area contributed by atoms with E-state index in [-0.39, 0.29) is 5.56 Å². The van der Waals surface area contributed by atoms with Crippen LogP contribution in [0.2, 0.25) is 5.02 Å². The normalized spacial score (nSPS) is 10.3. The molecule has 1 heterocycles. The summed E-state index contributed by atoms with van der Waals surface area (Å²) in [6.45, 7) is 0. The minimum atomic E-state index is -0.980. The smallest absolute Gasteiger partial charge is 0.336 e. The maximum Gasteiger partial charge on any atom is 0.336 e. The number of hydrogen-bond donors (Lipinski definition) is 1. The van der Waals surface area contributed by atoms with Crippen molar-refractivity contribution in [2.24, 2.45) is 0 Å². The van der Waals surface area contributed by atoms with Gasteiger partial charge in [0.25, 0.3) is 0 Å². The largest absolute Gasteiger partial charge is 0.478 e. The van der Waals surface area contributed by atoms with Crippen molar-refractivity contribution in [3.63, 3.8) is 0 Å². The van der Waals surface area contributed by atoms with Crippen molar-refractivity contribution in [3.8, 4) is 0 Å². The van der Waals surface area contributed by atoms with Gasteiger partial charge in [0.05, 0.1) is 5.56 Å². The number of rotatable bonds is 3. The van der Waals surface area contributed by atoms with Crippen molar-refractivity contribution in [1.82, 2.24) is 4.98 Å². The van der Waals surface area contributed by atoms with E-state index in [9.17, 15) is 4.79 Å². The Hall–Kier alpha value is -1.04. The SMILES string of the molecule is O=C(O)c1ccc(Cl)cc1Sc1ccc(Br)cn1. The summed E-state index contributed by atoms with van der Waals surface area (Å²) in [4.78, 5) is 15.9. The summed E-state index contributed by atoms with van der Waals surface area (Å²) in [6, 6.07) is 8.33. The molecule has 0 unspecified atom stereocenters. The van der Waals surface area contributed by atoms with Crippen molar-refractivity contribution in [2.75, 3.05) is 0 Å². The van der Waals surface area contributed by atoms with Gasteiger partial charge in [0, 0.05) is 20.6 Å². The molecule has 1 aromatic heterocycles. The molecule has 0 bridgehead atoms. The second-order valence-corrected chi connectivity index (χ2v) is 5.78. The molecule has 0 radical (unpaired) electrons. The van der Waals surface area contributed by atoms with Crippen LogP contribution >= 0.6 is 39.3 Å². The Labute approximate surface area is 121 Å². The molecule has 1 aromatic carbocycles. The van der Waals surface area contributed by atoms with Crippen molar-refractivity contribution in [2.45, 2.75) is 9.92 Å². The highest BCUT2D eigenvalue weighted by Crippen LogP contribution is 2.31. The second-order valence-electron chi connectivity index (χ2n) is 3.36. The van der Waals surface area contributed by atoms with E-state index >= 15 is 0 Å². The third-order valence-corrected chi connectivity index (χ3v) is 3.80. The molecular weight excluding hydrogens is 338 g/mol. The fraction of sp³-hybridized carbons (Fsp3) is 0. The minimum absolute atomic E-state index is 0.217. The Kier molecular flexibility index (Phi) is 4.27. The summed E-state index contributed by atoms with van der Waals surface area (Å²) in [7, 11) is 0. The lowest BCUT2D eigenvalue weighted by Gasteiger charge is -2.05. The molecule has 2 rings (SSSR count). The number of carbonyl (C=O) groups is 1. The topological polar surface area (TPSA) is 50.2 Å². The Morgan fingerprint density at radius 3 is 2.72 bits per heavy atom. The van der Waals surface area contributed by atoms with E-state index in [1.165, 1.54) is 17.8 Å². The van der Waals surface area contributed by atoms with Gasteiger partial charge in [-0.2, -0.15) is 0 Å². The number of aromatic nitrogens is 1. The van der Waals surface area contributed by atoms with Crippen LogP contribution in [0.1, 0.15) is 10.4 Å². The van der Waals surface area contributed by atoms with Crippen LogP contribution in [0, 0.1) is 0 Å². The fourth-order valence-corrected chi connectivity index (χ4v) is 2.68. The fourth-order valence-electron chi connectivity index (χ4n) is 1.29. The Morgan fingerprint density at radius 2 is 2.11 bits per heavy atom. The molecule has 92 valence electrons. The molecule has 0 spiro atoms. The van der Waals surface area contributed by atoms with Crippen LogP contribution < -0.4 is 0 Å². The zero-order chi connectivity index (χ0) is 13.1. The summed E-state index contributed by atoms with van der Waals surface area (Å²) in [5.41, 5.74) is 0.217. The molecule has 3 nitrogen and oxygen atoms in total. The monoisotopic (exact) mass is 343 g/mol. The number of hydrogen-bond acceptors (Lipinski definition) is 3. The van der Waals surface area contributed by atoms with Crippen LogP contribution in [0.5, 0.6) is 0 Å². The van der Waals surface area contributed by atoms with E-state index in [4.69, 9.17) is 16.7 Å². The number of carboxylic acid groups (broad SMARTS) is 1. The average molecular weight is 345 g/mol. The number of benzene rings is 1. The Bertz CT molecular complexity index is 589. The first kappa shape index (κ1) is 13.4. The average Bonchev–Trinajstić information content (AvgIpc) is 2.32. The third-order valence-electron chi connectivity index (χ3n) is 2.09. The lowest BCUT2D eigenvalue weighted by molar-refractivity contribution is 0.0693. The quantitative estimate of drug-likeness (QED) is 0.899. The molecule has 0 saturated heterocycles. The minimum Gasteiger partial charge on any atom is -0.478 e. The third kappa shape index (κ3) is 3.25. The molecule has 2 aromatic rings. The molecule has 0 amide bonds. The van der Waals surface area contributed by atoms with Crippen LogP contribution in [0.3, 0.4) is 0 Å². The molecule has 0 aliphatic heterocycles. The highest BCUT2D eigenvalue weighted by atomic mass is 79.9. The summed E-state index contributed by atoms with van der Waals surface area (Å²) in [5.74, 6) is -0.980. The molecule has 0 aliphatic rings. The molecule has 0 fully saturated rings. The van der Waals surface area contributed by atoms with Gasteiger partial charge in [0.1, 0.15) is 5.03 Å². The number of halogens is 2. The summed E-state index contributed by atoms with van der Waals surface area (Å²) >= 11 is 10.4. The molecule has 0 saturated carbocycles. The molecule has 0 aliphatic carbocycles. The van der Waals surface area contributed by atoms with Crippen molar-refractivity contribution in [1.29, 1.82) is 0 Å².